The van der Waals surface area contributed by atoms with E-state index >= 15 is 0 Å². The van der Waals surface area contributed by atoms with Crippen molar-refractivity contribution in [3.63, 3.8) is 0 Å². The monoisotopic (exact) mass is 1540 g/mol. The molecule has 0 aromatic heterocycles. The van der Waals surface area contributed by atoms with Crippen molar-refractivity contribution in [2.45, 2.75) is 258 Å². The number of carbonyl (C=O) groups is 13. The fraction of sp³-hybridized carbons (Fsp3) is 0.817. The first-order valence-corrected chi connectivity index (χ1v) is 39.1. The van der Waals surface area contributed by atoms with Gasteiger partial charge in [0, 0.05) is 103 Å². The normalized spacial score (nSPS) is 11.7. The van der Waals surface area contributed by atoms with E-state index in [2.05, 4.69) is 0 Å². The van der Waals surface area contributed by atoms with Crippen LogP contribution in [0, 0.1) is 0 Å². The molecule has 0 aromatic rings. The Morgan fingerprint density at radius 2 is 0.680 bits per heavy atom. The lowest BCUT2D eigenvalue weighted by Crippen LogP contribution is -2.29. The summed E-state index contributed by atoms with van der Waals surface area (Å²) in [6, 6.07) is 0. The average Bonchev–Trinajstić information content (AvgIpc) is 1.20. The van der Waals surface area contributed by atoms with Gasteiger partial charge in [-0.15, -0.1) is 0 Å². The quantitative estimate of drug-likeness (QED) is 0.0289. The predicted molar refractivity (Wildman–Crippen MR) is 391 cm³/mol. The highest BCUT2D eigenvalue weighted by Crippen LogP contribution is 2.22. The fourth-order valence-corrected chi connectivity index (χ4v) is 10.8. The number of hydrogen-bond acceptors (Lipinski definition) is 31. The summed E-state index contributed by atoms with van der Waals surface area (Å²) in [6.07, 6.45) is 17.0. The van der Waals surface area contributed by atoms with Crippen molar-refractivity contribution in [3.8, 4) is 0 Å². The van der Waals surface area contributed by atoms with Crippen LogP contribution >= 0.6 is 35.3 Å². The zero-order valence-corrected chi connectivity index (χ0v) is 65.4. The Morgan fingerprint density at radius 1 is 0.359 bits per heavy atom. The highest BCUT2D eigenvalue weighted by Gasteiger charge is 2.22. The molecule has 0 saturated heterocycles. The highest BCUT2D eigenvalue weighted by atomic mass is 32.2. The number of ether oxygens (including phenoxy) is 13. The number of carbonyl (C=O) groups excluding carboxylic acids is 12. The Morgan fingerprint density at radius 3 is 1.01 bits per heavy atom. The van der Waals surface area contributed by atoms with Crippen LogP contribution in [0.5, 0.6) is 0 Å². The molecule has 4 N–H and O–H groups in total. The number of esters is 4. The molecule has 0 bridgehead atoms. The number of aliphatic hydroxyl groups excluding tert-OH is 1. The van der Waals surface area contributed by atoms with Gasteiger partial charge < -0.3 is 96.7 Å². The molecule has 32 heteroatoms. The summed E-state index contributed by atoms with van der Waals surface area (Å²) in [6.45, 7) is 9.47. The number of Topliss-reactive ketones (excluding diaryl/α,β-unsaturated/α-hetero) is 4. The smallest absolute Gasteiger partial charge is 0.481 e. The summed E-state index contributed by atoms with van der Waals surface area (Å²) in [5.74, 6) is 0.354. The maximum Gasteiger partial charge on any atom is 0.508 e. The van der Waals surface area contributed by atoms with E-state index in [1.54, 1.807) is 32.5 Å². The van der Waals surface area contributed by atoms with Crippen molar-refractivity contribution >= 4 is 111 Å². The van der Waals surface area contributed by atoms with Gasteiger partial charge in [-0.2, -0.15) is 11.8 Å². The van der Waals surface area contributed by atoms with Crippen LogP contribution in [0.15, 0.2) is 0 Å². The van der Waals surface area contributed by atoms with Crippen LogP contribution in [0.4, 0.5) is 19.2 Å². The molecule has 600 valence electrons. The molecule has 29 nitrogen and oxygen atoms in total. The molecule has 0 aliphatic carbocycles. The summed E-state index contributed by atoms with van der Waals surface area (Å²) in [5, 5.41) is 17.2. The minimum atomic E-state index is -0.911. The van der Waals surface area contributed by atoms with E-state index < -0.39 is 54.7 Å². The average molecular weight is 1540 g/mol. The standard InChI is InChI=1S/C18H33NO7.C18H30O9.C18H32O8.C17H30O4S3/c1-15(20)9-5-4-8-12-24-18(22)25-14-16(13-23-2)26-17(21)10-6-3-7-11-19;1-14(19)8-4-3-7-11-25-18(23)26-13-15(12-24-2)27-17(22)10-6-5-9-16(20)21;1-15(20)9-5-4-8-12-24-18(22)25-14-16(13-23-2)26-17(21)10-6-3-7-11-19;1-4-5-10-16(19)21-15(12-22-3)13-24-17(20)23-11-8-6-7-9-14(2)18/h16H,3-14,19H2,1-2H3;15H,3-13H2,1-2H3,(H,20,21);16,19H,3-14H2,1-2H3;15H,4-13H2,1-3H3. The van der Waals surface area contributed by atoms with E-state index in [1.165, 1.54) is 51.8 Å². The van der Waals surface area contributed by atoms with E-state index in [1.807, 2.05) is 13.2 Å². The summed E-state index contributed by atoms with van der Waals surface area (Å²) in [7, 11) is 4.36. The van der Waals surface area contributed by atoms with Gasteiger partial charge in [-0.25, -0.2) is 14.4 Å². The van der Waals surface area contributed by atoms with E-state index in [-0.39, 0.29) is 131 Å². The van der Waals surface area contributed by atoms with Gasteiger partial charge in [-0.05, 0) is 156 Å². The Kier molecular flexibility index (Phi) is 78.0. The van der Waals surface area contributed by atoms with Gasteiger partial charge in [0.15, 0.2) is 18.3 Å². The van der Waals surface area contributed by atoms with Crippen LogP contribution in [-0.2, 0) is 105 Å². The van der Waals surface area contributed by atoms with E-state index in [4.69, 9.17) is 77.5 Å². The minimum absolute atomic E-state index is 0.00150. The van der Waals surface area contributed by atoms with Crippen molar-refractivity contribution < 1.29 is 134 Å². The Hall–Kier alpha value is -5.64. The predicted octanol–water partition coefficient (Wildman–Crippen LogP) is 12.4. The third-order valence-corrected chi connectivity index (χ3v) is 16.5. The summed E-state index contributed by atoms with van der Waals surface area (Å²) in [5.41, 5.74) is 5.40. The molecule has 0 radical (unpaired) electrons. The first-order valence-electron chi connectivity index (χ1n) is 35.7. The number of aliphatic carboxylic acids is 1. The lowest BCUT2D eigenvalue weighted by atomic mass is 10.1. The van der Waals surface area contributed by atoms with Crippen LogP contribution in [0.3, 0.4) is 0 Å². The summed E-state index contributed by atoms with van der Waals surface area (Å²) >= 11 is 4.18. The number of hydrogen-bond donors (Lipinski definition) is 3. The second kappa shape index (κ2) is 77.5. The van der Waals surface area contributed by atoms with E-state index in [9.17, 15) is 62.3 Å². The van der Waals surface area contributed by atoms with Crippen LogP contribution in [0.2, 0.25) is 0 Å². The zero-order valence-electron chi connectivity index (χ0n) is 62.9. The van der Waals surface area contributed by atoms with E-state index in [0.717, 1.165) is 95.6 Å². The molecule has 0 rings (SSSR count). The number of rotatable bonds is 62. The third-order valence-electron chi connectivity index (χ3n) is 13.6. The van der Waals surface area contributed by atoms with Gasteiger partial charge in [0.2, 0.25) is 4.45 Å². The molecule has 4 atom stereocenters. The molecule has 0 spiro atoms. The third kappa shape index (κ3) is 83.5. The maximum absolute atomic E-state index is 11.9. The number of carboxylic acid groups (broad SMARTS) is 1. The number of methoxy groups -OCH3 is 3. The van der Waals surface area contributed by atoms with Gasteiger partial charge in [0.1, 0.15) is 49.1 Å². The Balaban J connectivity index is -0.000000635. The molecule has 4 unspecified atom stereocenters. The van der Waals surface area contributed by atoms with Gasteiger partial charge in [-0.3, -0.25) is 28.8 Å². The zero-order chi connectivity index (χ0) is 77.9. The van der Waals surface area contributed by atoms with Crippen LogP contribution < -0.4 is 5.73 Å². The van der Waals surface area contributed by atoms with Crippen LogP contribution in [-0.4, -0.2) is 228 Å². The Labute approximate surface area is 623 Å². The number of carboxylic acids is 1. The topological polar surface area (TPSA) is 408 Å². The minimum Gasteiger partial charge on any atom is -0.481 e. The molecule has 0 aromatic carbocycles. The fourth-order valence-electron chi connectivity index (χ4n) is 8.25. The Bertz CT molecular complexity index is 2170. The van der Waals surface area contributed by atoms with Gasteiger partial charge in [-0.1, -0.05) is 56.1 Å². The first kappa shape index (κ1) is 104. The van der Waals surface area contributed by atoms with Crippen molar-refractivity contribution in [2.24, 2.45) is 5.73 Å². The van der Waals surface area contributed by atoms with E-state index in [0.29, 0.717) is 108 Å². The molecular formula is C71H125NO28S3. The number of ketones is 4. The highest BCUT2D eigenvalue weighted by molar-refractivity contribution is 8.38. The molecule has 0 heterocycles. The van der Waals surface area contributed by atoms with Crippen LogP contribution in [0.25, 0.3) is 0 Å². The molecule has 0 saturated carbocycles. The van der Waals surface area contributed by atoms with Crippen molar-refractivity contribution in [1.82, 2.24) is 0 Å². The lowest BCUT2D eigenvalue weighted by molar-refractivity contribution is -0.155. The first-order chi connectivity index (χ1) is 49.3. The van der Waals surface area contributed by atoms with Crippen molar-refractivity contribution in [2.75, 3.05) is 117 Å². The van der Waals surface area contributed by atoms with Gasteiger partial charge in [0.25, 0.3) is 0 Å². The van der Waals surface area contributed by atoms with Gasteiger partial charge in [0.05, 0.1) is 39.6 Å². The maximum atomic E-state index is 11.9. The largest absolute Gasteiger partial charge is 0.508 e. The molecule has 0 aliphatic heterocycles. The molecule has 0 amide bonds. The van der Waals surface area contributed by atoms with Crippen molar-refractivity contribution in [1.29, 1.82) is 0 Å². The molecule has 103 heavy (non-hydrogen) atoms. The number of aliphatic hydroxyl groups is 1. The van der Waals surface area contributed by atoms with Crippen molar-refractivity contribution in [3.05, 3.63) is 0 Å². The number of nitrogens with two attached hydrogens (primary N) is 1. The van der Waals surface area contributed by atoms with Gasteiger partial charge >= 0.3 is 48.3 Å². The second-order valence-corrected chi connectivity index (χ2v) is 27.0. The number of thioether (sulfide) groups is 3. The van der Waals surface area contributed by atoms with Crippen LogP contribution in [0.1, 0.15) is 234 Å². The lowest BCUT2D eigenvalue weighted by Gasteiger charge is -2.17. The second-order valence-electron chi connectivity index (χ2n) is 23.8. The molecule has 0 aliphatic rings. The number of unbranched alkanes of at least 4 members (excludes halogenated alkanes) is 14. The SMILES string of the molecule is CCCCC(=O)OC(CSC)CSC(=O)SCCCCCC(C)=O.COCC(COC(=O)OCCCCCC(C)=O)OC(=O)CCCCC(=O)O.COCC(COC(=O)OCCCCCC(C)=O)OC(=O)CCCCCN.COCC(COC(=O)OCCCCCC(C)=O)OC(=O)CCCCCO. The summed E-state index contributed by atoms with van der Waals surface area (Å²) in [4.78, 5) is 147. The molecular weight excluding hydrogens is 1410 g/mol. The summed E-state index contributed by atoms with van der Waals surface area (Å²) < 4.78 is 65.6. The molecule has 0 fully saturated rings.